The summed E-state index contributed by atoms with van der Waals surface area (Å²) >= 11 is 0. The number of hydrogen-bond acceptors (Lipinski definition) is 2. The fourth-order valence-corrected chi connectivity index (χ4v) is 4.27. The van der Waals surface area contributed by atoms with Crippen molar-refractivity contribution in [3.8, 4) is 0 Å². The number of H-pyrrole nitrogens is 1. The van der Waals surface area contributed by atoms with Gasteiger partial charge in [0.15, 0.2) is 0 Å². The normalized spacial score (nSPS) is 19.0. The molecule has 1 aliphatic carbocycles. The Balaban J connectivity index is 1.33. The van der Waals surface area contributed by atoms with Gasteiger partial charge in [0.2, 0.25) is 0 Å². The molecule has 2 amide bonds. The Morgan fingerprint density at radius 2 is 1.96 bits per heavy atom. The van der Waals surface area contributed by atoms with Crippen LogP contribution in [0.2, 0.25) is 0 Å². The van der Waals surface area contributed by atoms with Crippen LogP contribution in [0, 0.1) is 0 Å². The molecule has 2 aliphatic rings. The third-order valence-electron chi connectivity index (χ3n) is 5.96. The standard InChI is InChI=1S/C21H28N4O/c1-15(18-7-6-16-4-2-3-5-19(16)14-18)23-21(26)25-12-9-17(10-13-25)20-8-11-22-24-20/h6-8,11,14-15,17H,2-5,9-10,12-13H2,1H3,(H,22,24)(H,23,26)/t15-/m1/s1. The predicted octanol–water partition coefficient (Wildman–Crippen LogP) is 3.94. The monoisotopic (exact) mass is 352 g/mol. The van der Waals surface area contributed by atoms with Crippen LogP contribution in [0.3, 0.4) is 0 Å². The van der Waals surface area contributed by atoms with Crippen LogP contribution >= 0.6 is 0 Å². The summed E-state index contributed by atoms with van der Waals surface area (Å²) in [6.07, 6.45) is 8.72. The van der Waals surface area contributed by atoms with Gasteiger partial charge < -0.3 is 10.2 Å². The number of nitrogens with one attached hydrogen (secondary N) is 2. The first-order valence-corrected chi connectivity index (χ1v) is 9.87. The molecule has 138 valence electrons. The number of rotatable bonds is 3. The Kier molecular flexibility index (Phi) is 4.96. The number of hydrogen-bond donors (Lipinski definition) is 2. The number of benzene rings is 1. The van der Waals surface area contributed by atoms with E-state index in [1.807, 2.05) is 11.0 Å². The summed E-state index contributed by atoms with van der Waals surface area (Å²) in [5, 5.41) is 10.3. The minimum atomic E-state index is 0.0417. The zero-order valence-corrected chi connectivity index (χ0v) is 15.5. The van der Waals surface area contributed by atoms with Gasteiger partial charge in [0.25, 0.3) is 0 Å². The van der Waals surface area contributed by atoms with E-state index in [9.17, 15) is 4.79 Å². The van der Waals surface area contributed by atoms with Gasteiger partial charge >= 0.3 is 6.03 Å². The lowest BCUT2D eigenvalue weighted by Gasteiger charge is -2.32. The molecular formula is C21H28N4O. The molecule has 0 radical (unpaired) electrons. The number of carbonyl (C=O) groups excluding carboxylic acids is 1. The second-order valence-electron chi connectivity index (χ2n) is 7.68. The van der Waals surface area contributed by atoms with Gasteiger partial charge in [-0.1, -0.05) is 18.2 Å². The van der Waals surface area contributed by atoms with Crippen LogP contribution in [0.1, 0.15) is 67.0 Å². The van der Waals surface area contributed by atoms with Gasteiger partial charge in [0.05, 0.1) is 6.04 Å². The van der Waals surface area contributed by atoms with Crippen molar-refractivity contribution in [3.63, 3.8) is 0 Å². The number of amides is 2. The Morgan fingerprint density at radius 3 is 2.69 bits per heavy atom. The number of nitrogens with zero attached hydrogens (tertiary/aromatic N) is 2. The summed E-state index contributed by atoms with van der Waals surface area (Å²) in [5.74, 6) is 0.486. The van der Waals surface area contributed by atoms with Crippen molar-refractivity contribution in [2.75, 3.05) is 13.1 Å². The van der Waals surface area contributed by atoms with E-state index in [0.29, 0.717) is 5.92 Å². The van der Waals surface area contributed by atoms with E-state index in [-0.39, 0.29) is 12.1 Å². The van der Waals surface area contributed by atoms with Crippen LogP contribution in [-0.2, 0) is 12.8 Å². The molecule has 0 bridgehead atoms. The molecule has 5 heteroatoms. The molecule has 1 saturated heterocycles. The summed E-state index contributed by atoms with van der Waals surface area (Å²) in [6, 6.07) is 8.86. The fraction of sp³-hybridized carbons (Fsp3) is 0.524. The highest BCUT2D eigenvalue weighted by Crippen LogP contribution is 2.27. The van der Waals surface area contributed by atoms with Gasteiger partial charge in [-0.15, -0.1) is 0 Å². The average Bonchev–Trinajstić information content (AvgIpc) is 3.22. The number of piperidine rings is 1. The first kappa shape index (κ1) is 17.1. The summed E-state index contributed by atoms with van der Waals surface area (Å²) < 4.78 is 0. The van der Waals surface area contributed by atoms with E-state index in [0.717, 1.165) is 25.9 Å². The zero-order valence-electron chi connectivity index (χ0n) is 15.5. The Morgan fingerprint density at radius 1 is 1.19 bits per heavy atom. The topological polar surface area (TPSA) is 61.0 Å². The van der Waals surface area contributed by atoms with Crippen molar-refractivity contribution in [1.29, 1.82) is 0 Å². The lowest BCUT2D eigenvalue weighted by atomic mass is 9.89. The number of aryl methyl sites for hydroxylation is 2. The number of aromatic nitrogens is 2. The molecule has 26 heavy (non-hydrogen) atoms. The van der Waals surface area contributed by atoms with Crippen molar-refractivity contribution >= 4 is 6.03 Å². The number of fused-ring (bicyclic) bond motifs is 1. The minimum Gasteiger partial charge on any atom is -0.331 e. The number of urea groups is 1. The molecule has 0 unspecified atom stereocenters. The summed E-state index contributed by atoms with van der Waals surface area (Å²) in [5.41, 5.74) is 5.36. The molecule has 1 aliphatic heterocycles. The van der Waals surface area contributed by atoms with E-state index in [2.05, 4.69) is 40.6 Å². The highest BCUT2D eigenvalue weighted by molar-refractivity contribution is 5.74. The summed E-state index contributed by atoms with van der Waals surface area (Å²) in [6.45, 7) is 3.68. The highest BCUT2D eigenvalue weighted by atomic mass is 16.2. The van der Waals surface area contributed by atoms with Crippen LogP contribution in [-0.4, -0.2) is 34.2 Å². The zero-order chi connectivity index (χ0) is 17.9. The third-order valence-corrected chi connectivity index (χ3v) is 5.96. The SMILES string of the molecule is C[C@@H](NC(=O)N1CCC(c2ccn[nH]2)CC1)c1ccc2c(c1)CCCC2. The second kappa shape index (κ2) is 7.52. The Labute approximate surface area is 155 Å². The van der Waals surface area contributed by atoms with Crippen molar-refractivity contribution in [3.05, 3.63) is 52.8 Å². The number of aromatic amines is 1. The minimum absolute atomic E-state index is 0.0417. The smallest absolute Gasteiger partial charge is 0.317 e. The van der Waals surface area contributed by atoms with Crippen molar-refractivity contribution < 1.29 is 4.79 Å². The highest BCUT2D eigenvalue weighted by Gasteiger charge is 2.25. The number of likely N-dealkylation sites (tertiary alicyclic amines) is 1. The van der Waals surface area contributed by atoms with Crippen molar-refractivity contribution in [2.24, 2.45) is 0 Å². The van der Waals surface area contributed by atoms with Crippen LogP contribution in [0.15, 0.2) is 30.5 Å². The van der Waals surface area contributed by atoms with Gasteiger partial charge in [-0.05, 0) is 68.2 Å². The predicted molar refractivity (Wildman–Crippen MR) is 102 cm³/mol. The van der Waals surface area contributed by atoms with E-state index >= 15 is 0 Å². The van der Waals surface area contributed by atoms with Gasteiger partial charge in [-0.2, -0.15) is 5.10 Å². The lowest BCUT2D eigenvalue weighted by Crippen LogP contribution is -2.44. The second-order valence-corrected chi connectivity index (χ2v) is 7.68. The van der Waals surface area contributed by atoms with Crippen LogP contribution in [0.5, 0.6) is 0 Å². The first-order valence-electron chi connectivity index (χ1n) is 9.87. The molecule has 4 rings (SSSR count). The maximum atomic E-state index is 12.7. The fourth-order valence-electron chi connectivity index (χ4n) is 4.27. The molecule has 1 fully saturated rings. The largest absolute Gasteiger partial charge is 0.331 e. The van der Waals surface area contributed by atoms with E-state index < -0.39 is 0 Å². The molecular weight excluding hydrogens is 324 g/mol. The summed E-state index contributed by atoms with van der Waals surface area (Å²) in [7, 11) is 0. The van der Waals surface area contributed by atoms with Crippen molar-refractivity contribution in [1.82, 2.24) is 20.4 Å². The lowest BCUT2D eigenvalue weighted by molar-refractivity contribution is 0.178. The quantitative estimate of drug-likeness (QED) is 0.879. The van der Waals surface area contributed by atoms with Crippen LogP contribution in [0.25, 0.3) is 0 Å². The number of carbonyl (C=O) groups is 1. The molecule has 1 aromatic heterocycles. The van der Waals surface area contributed by atoms with E-state index in [4.69, 9.17) is 0 Å². The van der Waals surface area contributed by atoms with Gasteiger partial charge in [0, 0.05) is 30.9 Å². The molecule has 1 aromatic carbocycles. The maximum absolute atomic E-state index is 12.7. The van der Waals surface area contributed by atoms with Gasteiger partial charge in [0.1, 0.15) is 0 Å². The molecule has 0 saturated carbocycles. The average molecular weight is 352 g/mol. The Bertz CT molecular complexity index is 747. The van der Waals surface area contributed by atoms with Crippen LogP contribution < -0.4 is 5.32 Å². The Hall–Kier alpha value is -2.30. The third kappa shape index (κ3) is 3.62. The molecule has 2 heterocycles. The van der Waals surface area contributed by atoms with Crippen LogP contribution in [0.4, 0.5) is 4.79 Å². The molecule has 1 atom stereocenters. The molecule has 0 spiro atoms. The first-order chi connectivity index (χ1) is 12.7. The van der Waals surface area contributed by atoms with Gasteiger partial charge in [-0.3, -0.25) is 5.10 Å². The van der Waals surface area contributed by atoms with E-state index in [1.165, 1.54) is 48.1 Å². The van der Waals surface area contributed by atoms with Crippen molar-refractivity contribution in [2.45, 2.75) is 57.4 Å². The molecule has 2 N–H and O–H groups in total. The molecule has 2 aromatic rings. The maximum Gasteiger partial charge on any atom is 0.317 e. The van der Waals surface area contributed by atoms with Gasteiger partial charge in [-0.25, -0.2) is 4.79 Å². The van der Waals surface area contributed by atoms with E-state index in [1.54, 1.807) is 6.20 Å². The molecule has 5 nitrogen and oxygen atoms in total. The summed E-state index contributed by atoms with van der Waals surface area (Å²) in [4.78, 5) is 14.6.